The predicted octanol–water partition coefficient (Wildman–Crippen LogP) is 6.25. The number of aromatic hydroxyl groups is 1. The highest BCUT2D eigenvalue weighted by Crippen LogP contribution is 2.38. The third-order valence-electron chi connectivity index (χ3n) is 3.13. The molecule has 0 radical (unpaired) electrons. The van der Waals surface area contributed by atoms with Gasteiger partial charge in [0.05, 0.1) is 21.4 Å². The van der Waals surface area contributed by atoms with Crippen molar-refractivity contribution in [3.05, 3.63) is 63.6 Å². The highest BCUT2D eigenvalue weighted by molar-refractivity contribution is 6.41. The summed E-state index contributed by atoms with van der Waals surface area (Å²) >= 11 is 18.2. The van der Waals surface area contributed by atoms with Gasteiger partial charge in [0.1, 0.15) is 5.75 Å². The Balaban J connectivity index is 2.08. The Morgan fingerprint density at radius 3 is 2.00 bits per heavy atom. The third kappa shape index (κ3) is 2.88. The van der Waals surface area contributed by atoms with E-state index in [4.69, 9.17) is 34.8 Å². The minimum Gasteiger partial charge on any atom is -0.506 e. The number of halogens is 3. The van der Waals surface area contributed by atoms with E-state index in [1.54, 1.807) is 18.2 Å². The van der Waals surface area contributed by atoms with Crippen LogP contribution in [0.4, 0.5) is 11.4 Å². The molecule has 0 aliphatic rings. The quantitative estimate of drug-likeness (QED) is 0.541. The average Bonchev–Trinajstić information content (AvgIpc) is 2.43. The molecule has 0 amide bonds. The SMILES string of the molecule is Oc1cc2ccccc2cc1Nc1c(Cl)cc(Cl)cc1Cl. The van der Waals surface area contributed by atoms with Crippen LogP contribution in [0.5, 0.6) is 5.75 Å². The fourth-order valence-corrected chi connectivity index (χ4v) is 3.04. The van der Waals surface area contributed by atoms with Gasteiger partial charge in [-0.05, 0) is 35.0 Å². The summed E-state index contributed by atoms with van der Waals surface area (Å²) < 4.78 is 0. The zero-order valence-electron chi connectivity index (χ0n) is 10.7. The van der Waals surface area contributed by atoms with E-state index < -0.39 is 0 Å². The van der Waals surface area contributed by atoms with Crippen molar-refractivity contribution in [2.75, 3.05) is 5.32 Å². The fourth-order valence-electron chi connectivity index (χ4n) is 2.12. The monoisotopic (exact) mass is 337 g/mol. The highest BCUT2D eigenvalue weighted by Gasteiger charge is 2.11. The Morgan fingerprint density at radius 2 is 1.38 bits per heavy atom. The molecule has 3 aromatic rings. The largest absolute Gasteiger partial charge is 0.506 e. The Bertz CT molecular complexity index is 810. The standard InChI is InChI=1S/C16H10Cl3NO/c17-11-7-12(18)16(13(19)8-11)20-14-5-9-3-1-2-4-10(9)6-15(14)21/h1-8,20-21H. The van der Waals surface area contributed by atoms with Gasteiger partial charge in [-0.3, -0.25) is 0 Å². The fraction of sp³-hybridized carbons (Fsp3) is 0. The molecule has 0 aromatic heterocycles. The first kappa shape index (κ1) is 14.3. The number of phenolic OH excluding ortho intramolecular Hbond substituents is 1. The summed E-state index contributed by atoms with van der Waals surface area (Å²) in [6, 6.07) is 14.5. The Morgan fingerprint density at radius 1 is 0.810 bits per heavy atom. The number of hydrogen-bond acceptors (Lipinski definition) is 2. The van der Waals surface area contributed by atoms with Crippen molar-refractivity contribution in [1.29, 1.82) is 0 Å². The van der Waals surface area contributed by atoms with E-state index in [0.29, 0.717) is 26.4 Å². The molecule has 21 heavy (non-hydrogen) atoms. The van der Waals surface area contributed by atoms with E-state index in [1.165, 1.54) is 0 Å². The van der Waals surface area contributed by atoms with Crippen LogP contribution < -0.4 is 5.32 Å². The number of rotatable bonds is 2. The molecular weight excluding hydrogens is 329 g/mol. The highest BCUT2D eigenvalue weighted by atomic mass is 35.5. The molecule has 3 aromatic carbocycles. The van der Waals surface area contributed by atoms with Crippen LogP contribution in [0.3, 0.4) is 0 Å². The number of benzene rings is 3. The van der Waals surface area contributed by atoms with E-state index in [0.717, 1.165) is 10.8 Å². The van der Waals surface area contributed by atoms with Crippen LogP contribution in [0.15, 0.2) is 48.5 Å². The molecule has 5 heteroatoms. The molecule has 106 valence electrons. The molecule has 0 fully saturated rings. The van der Waals surface area contributed by atoms with E-state index in [9.17, 15) is 5.11 Å². The molecule has 0 aliphatic carbocycles. The molecule has 0 aliphatic heterocycles. The van der Waals surface area contributed by atoms with E-state index in [-0.39, 0.29) is 5.75 Å². The molecule has 0 unspecified atom stereocenters. The lowest BCUT2D eigenvalue weighted by molar-refractivity contribution is 0.478. The summed E-state index contributed by atoms with van der Waals surface area (Å²) in [5.41, 5.74) is 1.04. The van der Waals surface area contributed by atoms with Crippen molar-refractivity contribution >= 4 is 57.0 Å². The second kappa shape index (κ2) is 5.64. The molecule has 0 saturated carbocycles. The van der Waals surface area contributed by atoms with Crippen LogP contribution in [0.25, 0.3) is 10.8 Å². The molecule has 0 bridgehead atoms. The van der Waals surface area contributed by atoms with Crippen LogP contribution in [0.1, 0.15) is 0 Å². The summed E-state index contributed by atoms with van der Waals surface area (Å²) in [5, 5.41) is 16.4. The van der Waals surface area contributed by atoms with Gasteiger partial charge in [0.15, 0.2) is 0 Å². The maximum absolute atomic E-state index is 10.1. The van der Waals surface area contributed by atoms with Crippen molar-refractivity contribution in [3.63, 3.8) is 0 Å². The lowest BCUT2D eigenvalue weighted by Gasteiger charge is -2.13. The maximum atomic E-state index is 10.1. The van der Waals surface area contributed by atoms with Gasteiger partial charge in [-0.15, -0.1) is 0 Å². The summed E-state index contributed by atoms with van der Waals surface area (Å²) in [5.74, 6) is 0.121. The molecule has 0 atom stereocenters. The topological polar surface area (TPSA) is 32.3 Å². The van der Waals surface area contributed by atoms with Gasteiger partial charge in [-0.1, -0.05) is 59.1 Å². The summed E-state index contributed by atoms with van der Waals surface area (Å²) in [7, 11) is 0. The summed E-state index contributed by atoms with van der Waals surface area (Å²) in [6.07, 6.45) is 0. The van der Waals surface area contributed by atoms with Crippen molar-refractivity contribution in [2.24, 2.45) is 0 Å². The average molecular weight is 339 g/mol. The van der Waals surface area contributed by atoms with Crippen LogP contribution >= 0.6 is 34.8 Å². The van der Waals surface area contributed by atoms with Gasteiger partial charge in [-0.25, -0.2) is 0 Å². The second-order valence-corrected chi connectivity index (χ2v) is 5.84. The van der Waals surface area contributed by atoms with E-state index >= 15 is 0 Å². The molecule has 2 nitrogen and oxygen atoms in total. The molecule has 0 saturated heterocycles. The number of nitrogens with one attached hydrogen (secondary N) is 1. The van der Waals surface area contributed by atoms with Gasteiger partial charge >= 0.3 is 0 Å². The Labute approximate surface area is 136 Å². The molecule has 2 N–H and O–H groups in total. The zero-order chi connectivity index (χ0) is 15.0. The molecule has 3 rings (SSSR count). The molecule has 0 heterocycles. The first-order chi connectivity index (χ1) is 10.0. The smallest absolute Gasteiger partial charge is 0.139 e. The zero-order valence-corrected chi connectivity index (χ0v) is 13.0. The lowest BCUT2D eigenvalue weighted by Crippen LogP contribution is -1.93. The van der Waals surface area contributed by atoms with E-state index in [2.05, 4.69) is 5.32 Å². The first-order valence-corrected chi connectivity index (χ1v) is 7.31. The minimum atomic E-state index is 0.121. The van der Waals surface area contributed by atoms with Gasteiger partial charge in [0, 0.05) is 5.02 Å². The predicted molar refractivity (Wildman–Crippen MR) is 90.4 cm³/mol. The number of fused-ring (bicyclic) bond motifs is 1. The molecule has 0 spiro atoms. The van der Waals surface area contributed by atoms with Crippen molar-refractivity contribution < 1.29 is 5.11 Å². The van der Waals surface area contributed by atoms with Crippen LogP contribution in [-0.2, 0) is 0 Å². The minimum absolute atomic E-state index is 0.121. The summed E-state index contributed by atoms with van der Waals surface area (Å²) in [6.45, 7) is 0. The lowest BCUT2D eigenvalue weighted by atomic mass is 10.1. The number of anilines is 2. The maximum Gasteiger partial charge on any atom is 0.139 e. The summed E-state index contributed by atoms with van der Waals surface area (Å²) in [4.78, 5) is 0. The van der Waals surface area contributed by atoms with Crippen LogP contribution in [0, 0.1) is 0 Å². The number of phenols is 1. The van der Waals surface area contributed by atoms with Crippen molar-refractivity contribution in [3.8, 4) is 5.75 Å². The van der Waals surface area contributed by atoms with Crippen LogP contribution in [-0.4, -0.2) is 5.11 Å². The van der Waals surface area contributed by atoms with Gasteiger partial charge in [0.2, 0.25) is 0 Å². The Kier molecular flexibility index (Phi) is 3.85. The van der Waals surface area contributed by atoms with Gasteiger partial charge in [0.25, 0.3) is 0 Å². The normalized spacial score (nSPS) is 10.8. The van der Waals surface area contributed by atoms with Gasteiger partial charge < -0.3 is 10.4 Å². The number of hydrogen-bond donors (Lipinski definition) is 2. The van der Waals surface area contributed by atoms with Crippen molar-refractivity contribution in [2.45, 2.75) is 0 Å². The Hall–Kier alpha value is -1.61. The second-order valence-electron chi connectivity index (χ2n) is 4.59. The molecular formula is C16H10Cl3NO. The van der Waals surface area contributed by atoms with Crippen LogP contribution in [0.2, 0.25) is 15.1 Å². The van der Waals surface area contributed by atoms with E-state index in [1.807, 2.05) is 30.3 Å². The van der Waals surface area contributed by atoms with Crippen molar-refractivity contribution in [1.82, 2.24) is 0 Å². The third-order valence-corrected chi connectivity index (χ3v) is 3.94. The first-order valence-electron chi connectivity index (χ1n) is 6.18. The van der Waals surface area contributed by atoms with Gasteiger partial charge in [-0.2, -0.15) is 0 Å².